The molecule has 0 unspecified atom stereocenters. The summed E-state index contributed by atoms with van der Waals surface area (Å²) in [7, 11) is 1.53. The third kappa shape index (κ3) is 3.97. The van der Waals surface area contributed by atoms with Crippen molar-refractivity contribution in [3.8, 4) is 22.6 Å². The lowest BCUT2D eigenvalue weighted by Gasteiger charge is -2.14. The number of alkyl halides is 2. The molecule has 0 saturated carbocycles. The number of carbonyl (C=O) groups excluding carboxylic acids is 1. The summed E-state index contributed by atoms with van der Waals surface area (Å²) in [5.41, 5.74) is 1.76. The average molecular weight is 359 g/mol. The molecule has 134 valence electrons. The molecule has 1 aromatic heterocycles. The van der Waals surface area contributed by atoms with E-state index in [4.69, 9.17) is 4.74 Å². The Morgan fingerprint density at radius 3 is 2.54 bits per heavy atom. The van der Waals surface area contributed by atoms with Crippen molar-refractivity contribution >= 4 is 11.6 Å². The van der Waals surface area contributed by atoms with Crippen LogP contribution in [0.25, 0.3) is 11.1 Å². The van der Waals surface area contributed by atoms with Gasteiger partial charge >= 0.3 is 6.61 Å². The van der Waals surface area contributed by atoms with Gasteiger partial charge in [0.25, 0.3) is 5.91 Å². The first-order valence-electron chi connectivity index (χ1n) is 7.61. The summed E-state index contributed by atoms with van der Waals surface area (Å²) in [5.74, 6) is 0.240. The van der Waals surface area contributed by atoms with E-state index in [1.165, 1.54) is 31.5 Å². The lowest BCUT2D eigenvalue weighted by Crippen LogP contribution is -2.12. The molecule has 1 amide bonds. The van der Waals surface area contributed by atoms with Gasteiger partial charge in [0.05, 0.1) is 7.11 Å². The number of halogens is 2. The maximum atomic E-state index is 12.7. The Morgan fingerprint density at radius 1 is 1.15 bits per heavy atom. The molecule has 2 aromatic carbocycles. The number of anilines is 1. The molecule has 2 N–H and O–H groups in total. The number of aromatic nitrogens is 2. The van der Waals surface area contributed by atoms with E-state index in [9.17, 15) is 13.6 Å². The lowest BCUT2D eigenvalue weighted by atomic mass is 10.0. The van der Waals surface area contributed by atoms with Crippen LogP contribution in [0, 0.1) is 0 Å². The summed E-state index contributed by atoms with van der Waals surface area (Å²) in [6, 6.07) is 12.8. The number of H-pyrrole nitrogens is 1. The minimum absolute atomic E-state index is 0.00436. The van der Waals surface area contributed by atoms with Gasteiger partial charge in [-0.25, -0.2) is 0 Å². The SMILES string of the molecule is COc1ccc(-c2cc(NC(=O)c3ccn[nH]3)ccc2OC(F)F)cc1. The van der Waals surface area contributed by atoms with Crippen LogP contribution >= 0.6 is 0 Å². The monoisotopic (exact) mass is 359 g/mol. The molecule has 8 heteroatoms. The van der Waals surface area contributed by atoms with Crippen molar-refractivity contribution in [2.75, 3.05) is 12.4 Å². The fourth-order valence-electron chi connectivity index (χ4n) is 2.38. The van der Waals surface area contributed by atoms with E-state index in [0.29, 0.717) is 22.6 Å². The van der Waals surface area contributed by atoms with Crippen molar-refractivity contribution in [2.24, 2.45) is 0 Å². The molecule has 0 atom stereocenters. The first-order chi connectivity index (χ1) is 12.6. The first kappa shape index (κ1) is 17.4. The molecule has 0 fully saturated rings. The second kappa shape index (κ2) is 7.64. The molecule has 6 nitrogen and oxygen atoms in total. The average Bonchev–Trinajstić information content (AvgIpc) is 3.17. The lowest BCUT2D eigenvalue weighted by molar-refractivity contribution is -0.0494. The predicted molar refractivity (Wildman–Crippen MR) is 91.6 cm³/mol. The van der Waals surface area contributed by atoms with E-state index >= 15 is 0 Å². The normalized spacial score (nSPS) is 10.6. The van der Waals surface area contributed by atoms with E-state index in [1.54, 1.807) is 30.3 Å². The standard InChI is InChI=1S/C18H15F2N3O3/c1-25-13-5-2-11(3-6-13)14-10-12(4-7-16(14)26-18(19)20)22-17(24)15-8-9-21-23-15/h2-10,18H,1H3,(H,21,23)(H,22,24). The van der Waals surface area contributed by atoms with Crippen LogP contribution in [-0.2, 0) is 0 Å². The van der Waals surface area contributed by atoms with Crippen LogP contribution in [0.3, 0.4) is 0 Å². The summed E-state index contributed by atoms with van der Waals surface area (Å²) >= 11 is 0. The minimum Gasteiger partial charge on any atom is -0.497 e. The fourth-order valence-corrected chi connectivity index (χ4v) is 2.38. The Hall–Kier alpha value is -3.42. The highest BCUT2D eigenvalue weighted by molar-refractivity contribution is 6.03. The molecule has 0 saturated heterocycles. The van der Waals surface area contributed by atoms with Crippen molar-refractivity contribution in [3.05, 3.63) is 60.4 Å². The Bertz CT molecular complexity index is 881. The summed E-state index contributed by atoms with van der Waals surface area (Å²) in [6.07, 6.45) is 1.46. The van der Waals surface area contributed by atoms with E-state index < -0.39 is 12.5 Å². The first-order valence-corrected chi connectivity index (χ1v) is 7.61. The smallest absolute Gasteiger partial charge is 0.387 e. The fraction of sp³-hybridized carbons (Fsp3) is 0.111. The Labute approximate surface area is 147 Å². The highest BCUT2D eigenvalue weighted by Gasteiger charge is 2.14. The molecule has 0 aliphatic rings. The number of hydrogen-bond acceptors (Lipinski definition) is 4. The van der Waals surface area contributed by atoms with E-state index in [-0.39, 0.29) is 11.4 Å². The zero-order valence-corrected chi connectivity index (χ0v) is 13.7. The largest absolute Gasteiger partial charge is 0.497 e. The van der Waals surface area contributed by atoms with Crippen LogP contribution in [-0.4, -0.2) is 29.8 Å². The number of carbonyl (C=O) groups is 1. The third-order valence-corrected chi connectivity index (χ3v) is 3.60. The van der Waals surface area contributed by atoms with Gasteiger partial charge in [0.15, 0.2) is 0 Å². The quantitative estimate of drug-likeness (QED) is 0.699. The minimum atomic E-state index is -2.96. The zero-order valence-electron chi connectivity index (χ0n) is 13.7. The molecule has 0 spiro atoms. The van der Waals surface area contributed by atoms with Gasteiger partial charge < -0.3 is 14.8 Å². The number of benzene rings is 2. The highest BCUT2D eigenvalue weighted by Crippen LogP contribution is 2.34. The molecule has 3 rings (SSSR count). The van der Waals surface area contributed by atoms with Crippen LogP contribution < -0.4 is 14.8 Å². The molecule has 3 aromatic rings. The second-order valence-electron chi connectivity index (χ2n) is 5.24. The van der Waals surface area contributed by atoms with Gasteiger partial charge in [-0.3, -0.25) is 9.89 Å². The molecule has 26 heavy (non-hydrogen) atoms. The number of ether oxygens (including phenoxy) is 2. The molecular weight excluding hydrogens is 344 g/mol. The van der Waals surface area contributed by atoms with Crippen molar-refractivity contribution in [1.29, 1.82) is 0 Å². The van der Waals surface area contributed by atoms with Gasteiger partial charge in [-0.05, 0) is 42.0 Å². The van der Waals surface area contributed by atoms with Gasteiger partial charge in [0.1, 0.15) is 17.2 Å². The van der Waals surface area contributed by atoms with E-state index in [2.05, 4.69) is 20.3 Å². The van der Waals surface area contributed by atoms with Gasteiger partial charge in [0.2, 0.25) is 0 Å². The van der Waals surface area contributed by atoms with Crippen molar-refractivity contribution < 1.29 is 23.0 Å². The van der Waals surface area contributed by atoms with Gasteiger partial charge in [0, 0.05) is 17.4 Å². The van der Waals surface area contributed by atoms with Crippen molar-refractivity contribution in [2.45, 2.75) is 6.61 Å². The number of aromatic amines is 1. The topological polar surface area (TPSA) is 76.2 Å². The molecule has 0 bridgehead atoms. The molecule has 0 radical (unpaired) electrons. The third-order valence-electron chi connectivity index (χ3n) is 3.60. The van der Waals surface area contributed by atoms with Gasteiger partial charge in [-0.15, -0.1) is 0 Å². The molecule has 1 heterocycles. The number of nitrogens with zero attached hydrogens (tertiary/aromatic N) is 1. The van der Waals surface area contributed by atoms with Crippen molar-refractivity contribution in [1.82, 2.24) is 10.2 Å². The zero-order chi connectivity index (χ0) is 18.5. The molecular formula is C18H15F2N3O3. The molecule has 0 aliphatic carbocycles. The van der Waals surface area contributed by atoms with Gasteiger partial charge in [-0.2, -0.15) is 13.9 Å². The highest BCUT2D eigenvalue weighted by atomic mass is 19.3. The number of methoxy groups -OCH3 is 1. The van der Waals surface area contributed by atoms with E-state index in [0.717, 1.165) is 0 Å². The van der Waals surface area contributed by atoms with Crippen LogP contribution in [0.2, 0.25) is 0 Å². The van der Waals surface area contributed by atoms with E-state index in [1.807, 2.05) is 0 Å². The van der Waals surface area contributed by atoms with Crippen LogP contribution in [0.4, 0.5) is 14.5 Å². The summed E-state index contributed by atoms with van der Waals surface area (Å²) < 4.78 is 35.1. The number of hydrogen-bond donors (Lipinski definition) is 2. The maximum absolute atomic E-state index is 12.7. The summed E-state index contributed by atoms with van der Waals surface area (Å²) in [6.45, 7) is -2.96. The second-order valence-corrected chi connectivity index (χ2v) is 5.24. The Morgan fingerprint density at radius 2 is 1.92 bits per heavy atom. The number of amides is 1. The Kier molecular flexibility index (Phi) is 5.12. The number of rotatable bonds is 6. The summed E-state index contributed by atoms with van der Waals surface area (Å²) in [5, 5.41) is 8.95. The van der Waals surface area contributed by atoms with Gasteiger partial charge in [-0.1, -0.05) is 12.1 Å². The van der Waals surface area contributed by atoms with Crippen LogP contribution in [0.15, 0.2) is 54.7 Å². The van der Waals surface area contributed by atoms with Crippen molar-refractivity contribution in [3.63, 3.8) is 0 Å². The molecule has 0 aliphatic heterocycles. The van der Waals surface area contributed by atoms with Crippen LogP contribution in [0.1, 0.15) is 10.5 Å². The Balaban J connectivity index is 1.94. The number of nitrogens with one attached hydrogen (secondary N) is 2. The summed E-state index contributed by atoms with van der Waals surface area (Å²) in [4.78, 5) is 12.1. The predicted octanol–water partition coefficient (Wildman–Crippen LogP) is 3.94. The van der Waals surface area contributed by atoms with Crippen LogP contribution in [0.5, 0.6) is 11.5 Å². The maximum Gasteiger partial charge on any atom is 0.387 e.